The summed E-state index contributed by atoms with van der Waals surface area (Å²) >= 11 is 0. The fraction of sp³-hybridized carbons (Fsp3) is 0.118. The van der Waals surface area contributed by atoms with Crippen molar-refractivity contribution in [3.05, 3.63) is 74.8 Å². The van der Waals surface area contributed by atoms with Crippen molar-refractivity contribution in [3.63, 3.8) is 0 Å². The van der Waals surface area contributed by atoms with E-state index in [0.717, 1.165) is 0 Å². The van der Waals surface area contributed by atoms with Crippen molar-refractivity contribution in [2.75, 3.05) is 6.61 Å². The highest BCUT2D eigenvalue weighted by molar-refractivity contribution is 6.14. The van der Waals surface area contributed by atoms with E-state index in [-0.39, 0.29) is 18.1 Å². The molecular formula is C17H13NO4. The lowest BCUT2D eigenvalue weighted by Crippen LogP contribution is -2.18. The van der Waals surface area contributed by atoms with E-state index >= 15 is 0 Å². The molecular weight excluding hydrogens is 282 g/mol. The van der Waals surface area contributed by atoms with Crippen LogP contribution < -0.4 is 4.74 Å². The first kappa shape index (κ1) is 14.0. The van der Waals surface area contributed by atoms with Gasteiger partial charge in [0.2, 0.25) is 0 Å². The Kier molecular flexibility index (Phi) is 3.47. The lowest BCUT2D eigenvalue weighted by atomic mass is 9.98. The Morgan fingerprint density at radius 3 is 2.77 bits per heavy atom. The molecule has 0 bridgehead atoms. The summed E-state index contributed by atoms with van der Waals surface area (Å²) in [7, 11) is 0. The highest BCUT2D eigenvalue weighted by atomic mass is 16.6. The van der Waals surface area contributed by atoms with Crippen molar-refractivity contribution in [1.29, 1.82) is 0 Å². The molecule has 0 N–H and O–H groups in total. The van der Waals surface area contributed by atoms with Gasteiger partial charge in [-0.2, -0.15) is 0 Å². The quantitative estimate of drug-likeness (QED) is 0.482. The number of aryl methyl sites for hydroxylation is 1. The number of hydrogen-bond acceptors (Lipinski definition) is 4. The van der Waals surface area contributed by atoms with Gasteiger partial charge in [-0.3, -0.25) is 14.9 Å². The summed E-state index contributed by atoms with van der Waals surface area (Å²) in [6.45, 7) is 1.84. The highest BCUT2D eigenvalue weighted by Gasteiger charge is 2.23. The fourth-order valence-electron chi connectivity index (χ4n) is 2.40. The number of ketones is 1. The molecule has 5 heteroatoms. The molecule has 2 aromatic carbocycles. The van der Waals surface area contributed by atoms with Crippen molar-refractivity contribution in [1.82, 2.24) is 0 Å². The van der Waals surface area contributed by atoms with Crippen LogP contribution in [0.4, 0.5) is 5.69 Å². The molecule has 0 aliphatic carbocycles. The number of nitro groups is 1. The molecule has 22 heavy (non-hydrogen) atoms. The normalized spacial score (nSPS) is 15.3. The summed E-state index contributed by atoms with van der Waals surface area (Å²) < 4.78 is 5.56. The zero-order chi connectivity index (χ0) is 15.7. The van der Waals surface area contributed by atoms with Gasteiger partial charge in [0.15, 0.2) is 5.78 Å². The van der Waals surface area contributed by atoms with E-state index in [1.807, 2.05) is 6.07 Å². The largest absolute Gasteiger partial charge is 0.488 e. The van der Waals surface area contributed by atoms with Crippen LogP contribution in [0.25, 0.3) is 6.08 Å². The average molecular weight is 295 g/mol. The monoisotopic (exact) mass is 295 g/mol. The van der Waals surface area contributed by atoms with Gasteiger partial charge in [0.1, 0.15) is 12.4 Å². The molecule has 0 fully saturated rings. The first-order chi connectivity index (χ1) is 10.6. The molecule has 3 rings (SSSR count). The van der Waals surface area contributed by atoms with Crippen LogP contribution in [0.5, 0.6) is 5.75 Å². The van der Waals surface area contributed by atoms with E-state index in [9.17, 15) is 14.9 Å². The van der Waals surface area contributed by atoms with E-state index in [1.54, 1.807) is 43.3 Å². The second-order valence-electron chi connectivity index (χ2n) is 5.09. The molecule has 1 heterocycles. The lowest BCUT2D eigenvalue weighted by Gasteiger charge is -2.18. The number of rotatable bonds is 2. The molecule has 2 aromatic rings. The summed E-state index contributed by atoms with van der Waals surface area (Å²) in [6, 6.07) is 11.9. The van der Waals surface area contributed by atoms with Crippen LogP contribution in [0.3, 0.4) is 0 Å². The predicted octanol–water partition coefficient (Wildman–Crippen LogP) is 3.56. The Morgan fingerprint density at radius 1 is 1.23 bits per heavy atom. The number of nitrogens with zero attached hydrogens (tertiary/aromatic N) is 1. The minimum absolute atomic E-state index is 0.0407. The molecule has 0 unspecified atom stereocenters. The van der Waals surface area contributed by atoms with Crippen molar-refractivity contribution in [2.24, 2.45) is 0 Å². The Hall–Kier alpha value is -2.95. The number of hydrogen-bond donors (Lipinski definition) is 0. The zero-order valence-electron chi connectivity index (χ0n) is 11.9. The van der Waals surface area contributed by atoms with Crippen LogP contribution in [0.1, 0.15) is 21.5 Å². The van der Waals surface area contributed by atoms with Crippen molar-refractivity contribution < 1.29 is 14.5 Å². The topological polar surface area (TPSA) is 69.4 Å². The summed E-state index contributed by atoms with van der Waals surface area (Å²) in [5, 5.41) is 11.0. The average Bonchev–Trinajstić information content (AvgIpc) is 2.52. The number of ether oxygens (including phenoxy) is 1. The van der Waals surface area contributed by atoms with Gasteiger partial charge in [0, 0.05) is 17.2 Å². The Labute approximate surface area is 127 Å². The van der Waals surface area contributed by atoms with Gasteiger partial charge >= 0.3 is 0 Å². The van der Waals surface area contributed by atoms with Crippen LogP contribution in [0.15, 0.2) is 48.0 Å². The van der Waals surface area contributed by atoms with E-state index in [2.05, 4.69) is 0 Å². The van der Waals surface area contributed by atoms with Crippen LogP contribution in [0, 0.1) is 17.0 Å². The molecule has 0 saturated heterocycles. The maximum absolute atomic E-state index is 12.4. The summed E-state index contributed by atoms with van der Waals surface area (Å²) in [5.41, 5.74) is 2.24. The number of Topliss-reactive ketones (excluding diaryl/α,β-unsaturated/α-hetero) is 1. The third kappa shape index (κ3) is 2.48. The maximum atomic E-state index is 12.4. The minimum atomic E-state index is -0.425. The second kappa shape index (κ2) is 5.44. The van der Waals surface area contributed by atoms with Crippen LogP contribution in [0.2, 0.25) is 0 Å². The first-order valence-corrected chi connectivity index (χ1v) is 6.78. The highest BCUT2D eigenvalue weighted by Crippen LogP contribution is 2.28. The molecule has 5 nitrogen and oxygen atoms in total. The molecule has 0 saturated carbocycles. The second-order valence-corrected chi connectivity index (χ2v) is 5.09. The molecule has 0 atom stereocenters. The number of nitro benzene ring substituents is 1. The van der Waals surface area contributed by atoms with Gasteiger partial charge in [-0.05, 0) is 30.7 Å². The maximum Gasteiger partial charge on any atom is 0.272 e. The number of fused-ring (bicyclic) bond motifs is 1. The summed E-state index contributed by atoms with van der Waals surface area (Å²) in [5.74, 6) is 0.463. The number of benzene rings is 2. The molecule has 110 valence electrons. The SMILES string of the molecule is Cc1ccc(/C=C2/COc3ccccc3C2=O)cc1[N+](=O)[O-]. The van der Waals surface area contributed by atoms with Crippen LogP contribution >= 0.6 is 0 Å². The number of para-hydroxylation sites is 1. The van der Waals surface area contributed by atoms with E-state index in [1.165, 1.54) is 6.07 Å². The number of carbonyl (C=O) groups is 1. The van der Waals surface area contributed by atoms with Gasteiger partial charge in [0.25, 0.3) is 5.69 Å². The third-order valence-corrected chi connectivity index (χ3v) is 3.58. The summed E-state index contributed by atoms with van der Waals surface area (Å²) in [4.78, 5) is 23.0. The van der Waals surface area contributed by atoms with Crippen LogP contribution in [-0.4, -0.2) is 17.3 Å². The molecule has 1 aliphatic rings. The van der Waals surface area contributed by atoms with E-state index in [0.29, 0.717) is 28.0 Å². The Morgan fingerprint density at radius 2 is 2.00 bits per heavy atom. The van der Waals surface area contributed by atoms with Crippen molar-refractivity contribution in [3.8, 4) is 5.75 Å². The minimum Gasteiger partial charge on any atom is -0.488 e. The lowest BCUT2D eigenvalue weighted by molar-refractivity contribution is -0.385. The first-order valence-electron chi connectivity index (χ1n) is 6.78. The van der Waals surface area contributed by atoms with E-state index in [4.69, 9.17) is 4.74 Å². The molecule has 0 amide bonds. The van der Waals surface area contributed by atoms with E-state index < -0.39 is 4.92 Å². The molecule has 0 aromatic heterocycles. The molecule has 1 aliphatic heterocycles. The van der Waals surface area contributed by atoms with Gasteiger partial charge in [-0.15, -0.1) is 0 Å². The van der Waals surface area contributed by atoms with Gasteiger partial charge in [0.05, 0.1) is 10.5 Å². The Bertz CT molecular complexity index is 808. The fourth-order valence-corrected chi connectivity index (χ4v) is 2.40. The van der Waals surface area contributed by atoms with Crippen molar-refractivity contribution >= 4 is 17.5 Å². The third-order valence-electron chi connectivity index (χ3n) is 3.58. The molecule has 0 radical (unpaired) electrons. The standard InChI is InChI=1S/C17H13NO4/c1-11-6-7-12(9-15(11)18(20)21)8-13-10-22-16-5-3-2-4-14(16)17(13)19/h2-9H,10H2,1H3/b13-8-. The smallest absolute Gasteiger partial charge is 0.272 e. The molecule has 0 spiro atoms. The van der Waals surface area contributed by atoms with Gasteiger partial charge in [-0.1, -0.05) is 24.3 Å². The predicted molar refractivity (Wildman–Crippen MR) is 82.1 cm³/mol. The van der Waals surface area contributed by atoms with Crippen LogP contribution in [-0.2, 0) is 0 Å². The van der Waals surface area contributed by atoms with Gasteiger partial charge in [-0.25, -0.2) is 0 Å². The summed E-state index contributed by atoms with van der Waals surface area (Å²) in [6.07, 6.45) is 1.64. The van der Waals surface area contributed by atoms with Gasteiger partial charge < -0.3 is 4.74 Å². The van der Waals surface area contributed by atoms with Crippen molar-refractivity contribution in [2.45, 2.75) is 6.92 Å². The zero-order valence-corrected chi connectivity index (χ0v) is 11.9. The Balaban J connectivity index is 1.99. The number of carbonyl (C=O) groups excluding carboxylic acids is 1.